The highest BCUT2D eigenvalue weighted by atomic mass is 79.9. The van der Waals surface area contributed by atoms with Gasteiger partial charge in [0.05, 0.1) is 4.47 Å². The van der Waals surface area contributed by atoms with Gasteiger partial charge in [0.2, 0.25) is 0 Å². The van der Waals surface area contributed by atoms with Crippen LogP contribution in [0, 0.1) is 0 Å². The largest absolute Gasteiger partial charge is 0.542 e. The van der Waals surface area contributed by atoms with Crippen molar-refractivity contribution >= 4 is 37.8 Å². The molecule has 0 fully saturated rings. The van der Waals surface area contributed by atoms with Crippen LogP contribution in [0.25, 0.3) is 0 Å². The van der Waals surface area contributed by atoms with E-state index in [4.69, 9.17) is 4.74 Å². The smallest absolute Gasteiger partial charge is 0.146 e. The molecule has 0 aromatic heterocycles. The van der Waals surface area contributed by atoms with E-state index in [1.807, 2.05) is 6.92 Å². The molecule has 0 bridgehead atoms. The van der Waals surface area contributed by atoms with Gasteiger partial charge in [0, 0.05) is 4.47 Å². The standard InChI is InChI=1S/C11H10Br2O3/c1-2-3-10(11(14)15)16-9-5-4-7(12)6-8(9)13/h3-6H,2H2,1H3,(H,14,15)/p-1/b10-3+. The van der Waals surface area contributed by atoms with Crippen molar-refractivity contribution in [3.8, 4) is 5.75 Å². The fraction of sp³-hybridized carbons (Fsp3) is 0.182. The summed E-state index contributed by atoms with van der Waals surface area (Å²) >= 11 is 6.57. The highest BCUT2D eigenvalue weighted by Gasteiger charge is 2.05. The zero-order valence-electron chi connectivity index (χ0n) is 8.50. The van der Waals surface area contributed by atoms with Crippen LogP contribution in [0.3, 0.4) is 0 Å². The van der Waals surface area contributed by atoms with Gasteiger partial charge in [0.1, 0.15) is 17.5 Å². The number of hydrogen-bond acceptors (Lipinski definition) is 3. The van der Waals surface area contributed by atoms with Gasteiger partial charge in [-0.1, -0.05) is 22.9 Å². The molecule has 5 heteroatoms. The van der Waals surface area contributed by atoms with E-state index in [0.29, 0.717) is 16.6 Å². The fourth-order valence-electron chi connectivity index (χ4n) is 1.03. The second-order valence-corrected chi connectivity index (χ2v) is 4.71. The van der Waals surface area contributed by atoms with E-state index in [9.17, 15) is 9.90 Å². The second-order valence-electron chi connectivity index (χ2n) is 2.94. The van der Waals surface area contributed by atoms with Gasteiger partial charge in [-0.05, 0) is 46.6 Å². The van der Waals surface area contributed by atoms with E-state index in [2.05, 4.69) is 31.9 Å². The van der Waals surface area contributed by atoms with Crippen LogP contribution in [0.15, 0.2) is 39.0 Å². The van der Waals surface area contributed by atoms with E-state index in [-0.39, 0.29) is 5.76 Å². The van der Waals surface area contributed by atoms with Gasteiger partial charge in [-0.3, -0.25) is 0 Å². The van der Waals surface area contributed by atoms with Gasteiger partial charge in [0.15, 0.2) is 0 Å². The Kier molecular flexibility index (Phi) is 5.02. The number of carbonyl (C=O) groups excluding carboxylic acids is 1. The number of halogens is 2. The quantitative estimate of drug-likeness (QED) is 0.620. The van der Waals surface area contributed by atoms with E-state index < -0.39 is 5.97 Å². The van der Waals surface area contributed by atoms with Crippen LogP contribution >= 0.6 is 31.9 Å². The monoisotopic (exact) mass is 347 g/mol. The van der Waals surface area contributed by atoms with Gasteiger partial charge in [0.25, 0.3) is 0 Å². The first kappa shape index (κ1) is 13.3. The number of carbonyl (C=O) groups is 1. The molecule has 0 unspecified atom stereocenters. The molecule has 0 aliphatic carbocycles. The summed E-state index contributed by atoms with van der Waals surface area (Å²) in [5.41, 5.74) is 0. The number of aliphatic carboxylic acids is 1. The van der Waals surface area contributed by atoms with Gasteiger partial charge in [-0.25, -0.2) is 0 Å². The number of ether oxygens (including phenoxy) is 1. The molecule has 0 N–H and O–H groups in total. The number of hydrogen-bond donors (Lipinski definition) is 0. The first-order valence-corrected chi connectivity index (χ1v) is 6.17. The lowest BCUT2D eigenvalue weighted by Gasteiger charge is -2.12. The van der Waals surface area contributed by atoms with Gasteiger partial charge < -0.3 is 14.6 Å². The number of carboxylic acid groups (broad SMARTS) is 1. The van der Waals surface area contributed by atoms with Crippen molar-refractivity contribution in [3.63, 3.8) is 0 Å². The summed E-state index contributed by atoms with van der Waals surface area (Å²) in [6.45, 7) is 1.82. The molecule has 1 aromatic carbocycles. The maximum absolute atomic E-state index is 10.7. The molecule has 86 valence electrons. The highest BCUT2D eigenvalue weighted by molar-refractivity contribution is 9.11. The number of benzene rings is 1. The Labute approximate surface area is 110 Å². The summed E-state index contributed by atoms with van der Waals surface area (Å²) in [5, 5.41) is 10.7. The van der Waals surface area contributed by atoms with Crippen molar-refractivity contribution in [2.24, 2.45) is 0 Å². The van der Waals surface area contributed by atoms with Crippen LogP contribution in [-0.4, -0.2) is 5.97 Å². The van der Waals surface area contributed by atoms with Crippen LogP contribution in [0.1, 0.15) is 13.3 Å². The predicted octanol–water partition coefficient (Wildman–Crippen LogP) is 2.63. The molecule has 3 nitrogen and oxygen atoms in total. The zero-order chi connectivity index (χ0) is 12.1. The minimum atomic E-state index is -1.32. The van der Waals surface area contributed by atoms with Crippen molar-refractivity contribution < 1.29 is 14.6 Å². The van der Waals surface area contributed by atoms with Crippen molar-refractivity contribution in [1.29, 1.82) is 0 Å². The lowest BCUT2D eigenvalue weighted by Crippen LogP contribution is -2.27. The molecule has 0 heterocycles. The lowest BCUT2D eigenvalue weighted by atomic mass is 10.3. The van der Waals surface area contributed by atoms with E-state index in [1.165, 1.54) is 6.08 Å². The molecule has 0 saturated carbocycles. The Morgan fingerprint density at radius 2 is 2.19 bits per heavy atom. The fourth-order valence-corrected chi connectivity index (χ4v) is 2.16. The lowest BCUT2D eigenvalue weighted by molar-refractivity contribution is -0.302. The third kappa shape index (κ3) is 3.64. The Morgan fingerprint density at radius 3 is 2.69 bits per heavy atom. The summed E-state index contributed by atoms with van der Waals surface area (Å²) in [5.74, 6) is -1.06. The van der Waals surface area contributed by atoms with Crippen LogP contribution in [0.5, 0.6) is 5.75 Å². The number of carboxylic acids is 1. The van der Waals surface area contributed by atoms with Crippen molar-refractivity contribution in [2.75, 3.05) is 0 Å². The molecular formula is C11H9Br2O3-. The maximum Gasteiger partial charge on any atom is 0.146 e. The normalized spacial score (nSPS) is 11.3. The van der Waals surface area contributed by atoms with Crippen LogP contribution in [-0.2, 0) is 4.79 Å². The Morgan fingerprint density at radius 1 is 1.50 bits per heavy atom. The molecule has 0 atom stereocenters. The van der Waals surface area contributed by atoms with Crippen molar-refractivity contribution in [3.05, 3.63) is 39.0 Å². The maximum atomic E-state index is 10.7. The predicted molar refractivity (Wildman–Crippen MR) is 65.9 cm³/mol. The molecule has 0 aliphatic heterocycles. The molecule has 16 heavy (non-hydrogen) atoms. The zero-order valence-corrected chi connectivity index (χ0v) is 11.7. The van der Waals surface area contributed by atoms with Crippen molar-refractivity contribution in [1.82, 2.24) is 0 Å². The third-order valence-corrected chi connectivity index (χ3v) is 2.82. The topological polar surface area (TPSA) is 49.4 Å². The van der Waals surface area contributed by atoms with E-state index in [0.717, 1.165) is 4.47 Å². The summed E-state index contributed by atoms with van der Waals surface area (Å²) < 4.78 is 6.78. The average Bonchev–Trinajstić information content (AvgIpc) is 2.20. The van der Waals surface area contributed by atoms with E-state index >= 15 is 0 Å². The van der Waals surface area contributed by atoms with Crippen LogP contribution < -0.4 is 9.84 Å². The molecule has 0 aliphatic rings. The molecular weight excluding hydrogens is 340 g/mol. The molecule has 0 radical (unpaired) electrons. The van der Waals surface area contributed by atoms with Gasteiger partial charge >= 0.3 is 0 Å². The molecule has 1 rings (SSSR count). The summed E-state index contributed by atoms with van der Waals surface area (Å²) in [7, 11) is 0. The summed E-state index contributed by atoms with van der Waals surface area (Å²) in [6.07, 6.45) is 2.03. The molecule has 1 aromatic rings. The van der Waals surface area contributed by atoms with Crippen molar-refractivity contribution in [2.45, 2.75) is 13.3 Å². The van der Waals surface area contributed by atoms with Gasteiger partial charge in [-0.2, -0.15) is 0 Å². The highest BCUT2D eigenvalue weighted by Crippen LogP contribution is 2.29. The second kappa shape index (κ2) is 6.06. The van der Waals surface area contributed by atoms with Crippen LogP contribution in [0.2, 0.25) is 0 Å². The molecule has 0 amide bonds. The Bertz CT molecular complexity index is 427. The minimum absolute atomic E-state index is 0.175. The molecule has 0 spiro atoms. The average molecular weight is 349 g/mol. The Balaban J connectivity index is 2.94. The summed E-state index contributed by atoms with van der Waals surface area (Å²) in [6, 6.07) is 5.20. The van der Waals surface area contributed by atoms with Gasteiger partial charge in [-0.15, -0.1) is 0 Å². The SMILES string of the molecule is CC/C=C(/Oc1ccc(Br)cc1Br)C(=O)[O-]. The minimum Gasteiger partial charge on any atom is -0.542 e. The van der Waals surface area contributed by atoms with Crippen LogP contribution in [0.4, 0.5) is 0 Å². The number of allylic oxidation sites excluding steroid dienone is 1. The summed E-state index contributed by atoms with van der Waals surface area (Å²) in [4.78, 5) is 10.7. The molecule has 0 saturated heterocycles. The van der Waals surface area contributed by atoms with E-state index in [1.54, 1.807) is 18.2 Å². The number of rotatable bonds is 4. The first-order chi connectivity index (χ1) is 7.54. The first-order valence-electron chi connectivity index (χ1n) is 4.59. The Hall–Kier alpha value is -0.810. The third-order valence-electron chi connectivity index (χ3n) is 1.70.